The van der Waals surface area contributed by atoms with Gasteiger partial charge in [0.15, 0.2) is 0 Å². The number of nitrogens with zero attached hydrogens (tertiary/aromatic N) is 3. The topological polar surface area (TPSA) is 69.0 Å². The van der Waals surface area contributed by atoms with Gasteiger partial charge in [0, 0.05) is 5.69 Å². The predicted octanol–water partition coefficient (Wildman–Crippen LogP) is 2.71. The van der Waals surface area contributed by atoms with Gasteiger partial charge in [-0.1, -0.05) is 18.2 Å². The first-order valence-corrected chi connectivity index (χ1v) is 6.75. The minimum absolute atomic E-state index is 0.127. The smallest absolute Gasteiger partial charge is 0.246 e. The standard InChI is InChI=1S/C16H14N4O2/c21-16(10-20-12-17-11-18-20)19-13-6-8-15(9-7-13)22-14-4-2-1-3-5-14/h1-9,11-12H,10H2,(H,19,21). The molecule has 6 heteroatoms. The first-order chi connectivity index (χ1) is 10.8. The molecule has 1 heterocycles. The molecule has 6 nitrogen and oxygen atoms in total. The van der Waals surface area contributed by atoms with E-state index in [0.717, 1.165) is 5.75 Å². The number of hydrogen-bond donors (Lipinski definition) is 1. The van der Waals surface area contributed by atoms with Gasteiger partial charge in [-0.2, -0.15) is 5.10 Å². The summed E-state index contributed by atoms with van der Waals surface area (Å²) in [4.78, 5) is 15.6. The lowest BCUT2D eigenvalue weighted by molar-refractivity contribution is -0.116. The maximum atomic E-state index is 11.8. The van der Waals surface area contributed by atoms with Crippen molar-refractivity contribution in [3.63, 3.8) is 0 Å². The summed E-state index contributed by atoms with van der Waals surface area (Å²) >= 11 is 0. The Morgan fingerprint density at radius 3 is 2.45 bits per heavy atom. The van der Waals surface area contributed by atoms with Crippen molar-refractivity contribution in [1.82, 2.24) is 14.8 Å². The van der Waals surface area contributed by atoms with E-state index in [0.29, 0.717) is 11.4 Å². The van der Waals surface area contributed by atoms with Crippen molar-refractivity contribution in [2.45, 2.75) is 6.54 Å². The average Bonchev–Trinajstić information content (AvgIpc) is 3.03. The quantitative estimate of drug-likeness (QED) is 0.785. The van der Waals surface area contributed by atoms with Crippen LogP contribution in [0.3, 0.4) is 0 Å². The van der Waals surface area contributed by atoms with E-state index >= 15 is 0 Å². The Balaban J connectivity index is 1.58. The fraction of sp³-hybridized carbons (Fsp3) is 0.0625. The van der Waals surface area contributed by atoms with Crippen molar-refractivity contribution < 1.29 is 9.53 Å². The van der Waals surface area contributed by atoms with E-state index in [1.165, 1.54) is 17.3 Å². The number of amides is 1. The van der Waals surface area contributed by atoms with Gasteiger partial charge in [0.05, 0.1) is 0 Å². The number of ether oxygens (including phenoxy) is 1. The van der Waals surface area contributed by atoms with E-state index in [1.54, 1.807) is 24.3 Å². The molecule has 1 N–H and O–H groups in total. The van der Waals surface area contributed by atoms with Crippen LogP contribution < -0.4 is 10.1 Å². The number of nitrogens with one attached hydrogen (secondary N) is 1. The lowest BCUT2D eigenvalue weighted by atomic mass is 10.3. The number of hydrogen-bond acceptors (Lipinski definition) is 4. The number of para-hydroxylation sites is 1. The lowest BCUT2D eigenvalue weighted by Gasteiger charge is -2.08. The highest BCUT2D eigenvalue weighted by Gasteiger charge is 2.04. The molecule has 1 amide bonds. The summed E-state index contributed by atoms with van der Waals surface area (Å²) < 4.78 is 7.15. The summed E-state index contributed by atoms with van der Waals surface area (Å²) in [7, 11) is 0. The van der Waals surface area contributed by atoms with E-state index in [2.05, 4.69) is 15.4 Å². The molecule has 0 saturated heterocycles. The van der Waals surface area contributed by atoms with Gasteiger partial charge in [0.25, 0.3) is 0 Å². The molecule has 0 bridgehead atoms. The second kappa shape index (κ2) is 6.53. The van der Waals surface area contributed by atoms with Crippen LogP contribution >= 0.6 is 0 Å². The van der Waals surface area contributed by atoms with Crippen LogP contribution in [0.2, 0.25) is 0 Å². The average molecular weight is 294 g/mol. The zero-order valence-corrected chi connectivity index (χ0v) is 11.7. The van der Waals surface area contributed by atoms with Crippen molar-refractivity contribution in [3.8, 4) is 11.5 Å². The van der Waals surface area contributed by atoms with Gasteiger partial charge >= 0.3 is 0 Å². The number of rotatable bonds is 5. The van der Waals surface area contributed by atoms with Crippen molar-refractivity contribution >= 4 is 11.6 Å². The first kappa shape index (κ1) is 13.8. The third-order valence-corrected chi connectivity index (χ3v) is 2.89. The van der Waals surface area contributed by atoms with Crippen LogP contribution in [0.1, 0.15) is 0 Å². The van der Waals surface area contributed by atoms with Crippen LogP contribution in [0.5, 0.6) is 11.5 Å². The minimum Gasteiger partial charge on any atom is -0.457 e. The largest absolute Gasteiger partial charge is 0.457 e. The monoisotopic (exact) mass is 294 g/mol. The van der Waals surface area contributed by atoms with Gasteiger partial charge in [-0.3, -0.25) is 4.79 Å². The third kappa shape index (κ3) is 3.69. The number of anilines is 1. The predicted molar refractivity (Wildman–Crippen MR) is 81.6 cm³/mol. The number of benzene rings is 2. The van der Waals surface area contributed by atoms with Crippen molar-refractivity contribution in [2.24, 2.45) is 0 Å². The molecule has 0 aliphatic carbocycles. The van der Waals surface area contributed by atoms with E-state index in [1.807, 2.05) is 30.3 Å². The summed E-state index contributed by atoms with van der Waals surface area (Å²) in [5.74, 6) is 1.31. The van der Waals surface area contributed by atoms with Crippen molar-refractivity contribution in [3.05, 3.63) is 67.3 Å². The fourth-order valence-corrected chi connectivity index (χ4v) is 1.89. The lowest BCUT2D eigenvalue weighted by Crippen LogP contribution is -2.18. The second-order valence-corrected chi connectivity index (χ2v) is 4.58. The van der Waals surface area contributed by atoms with Crippen LogP contribution in [0.4, 0.5) is 5.69 Å². The molecule has 0 saturated carbocycles. The second-order valence-electron chi connectivity index (χ2n) is 4.58. The highest BCUT2D eigenvalue weighted by molar-refractivity contribution is 5.90. The highest BCUT2D eigenvalue weighted by atomic mass is 16.5. The van der Waals surface area contributed by atoms with Gasteiger partial charge in [-0.25, -0.2) is 9.67 Å². The van der Waals surface area contributed by atoms with Gasteiger partial charge in [-0.15, -0.1) is 0 Å². The van der Waals surface area contributed by atoms with Crippen LogP contribution in [0.25, 0.3) is 0 Å². The summed E-state index contributed by atoms with van der Waals surface area (Å²) in [6.07, 6.45) is 2.89. The van der Waals surface area contributed by atoms with Crippen LogP contribution in [-0.2, 0) is 11.3 Å². The zero-order valence-electron chi connectivity index (χ0n) is 11.7. The van der Waals surface area contributed by atoms with Crippen molar-refractivity contribution in [2.75, 3.05) is 5.32 Å². The molecule has 3 aromatic rings. The zero-order chi connectivity index (χ0) is 15.2. The highest BCUT2D eigenvalue weighted by Crippen LogP contribution is 2.22. The SMILES string of the molecule is O=C(Cn1cncn1)Nc1ccc(Oc2ccccc2)cc1. The van der Waals surface area contributed by atoms with Crippen molar-refractivity contribution in [1.29, 1.82) is 0 Å². The summed E-state index contributed by atoms with van der Waals surface area (Å²) in [5, 5.41) is 6.67. The number of carbonyl (C=O) groups is 1. The minimum atomic E-state index is -0.165. The molecule has 0 aliphatic heterocycles. The molecular weight excluding hydrogens is 280 g/mol. The molecule has 2 aromatic carbocycles. The molecule has 0 aliphatic rings. The molecule has 22 heavy (non-hydrogen) atoms. The van der Waals surface area contributed by atoms with Crippen LogP contribution in [0, 0.1) is 0 Å². The van der Waals surface area contributed by atoms with Gasteiger partial charge in [0.2, 0.25) is 5.91 Å². The number of aromatic nitrogens is 3. The van der Waals surface area contributed by atoms with E-state index in [-0.39, 0.29) is 12.5 Å². The Kier molecular flexibility index (Phi) is 4.10. The molecule has 0 fully saturated rings. The van der Waals surface area contributed by atoms with Gasteiger partial charge in [-0.05, 0) is 36.4 Å². The Morgan fingerprint density at radius 1 is 1.05 bits per heavy atom. The van der Waals surface area contributed by atoms with Gasteiger partial charge < -0.3 is 10.1 Å². The third-order valence-electron chi connectivity index (χ3n) is 2.89. The Bertz CT molecular complexity index is 725. The van der Waals surface area contributed by atoms with E-state index < -0.39 is 0 Å². The molecule has 0 atom stereocenters. The Labute approximate surface area is 127 Å². The normalized spacial score (nSPS) is 10.2. The summed E-state index contributed by atoms with van der Waals surface area (Å²) in [5.41, 5.74) is 0.700. The van der Waals surface area contributed by atoms with Crippen LogP contribution in [-0.4, -0.2) is 20.7 Å². The summed E-state index contributed by atoms with van der Waals surface area (Å²) in [6.45, 7) is 0.127. The molecule has 0 spiro atoms. The Morgan fingerprint density at radius 2 is 1.77 bits per heavy atom. The molecule has 0 unspecified atom stereocenters. The fourth-order valence-electron chi connectivity index (χ4n) is 1.89. The maximum Gasteiger partial charge on any atom is 0.246 e. The maximum absolute atomic E-state index is 11.8. The molecule has 0 radical (unpaired) electrons. The van der Waals surface area contributed by atoms with Gasteiger partial charge in [0.1, 0.15) is 30.7 Å². The molecular formula is C16H14N4O2. The molecule has 1 aromatic heterocycles. The Hall–Kier alpha value is -3.15. The summed E-state index contributed by atoms with van der Waals surface area (Å²) in [6, 6.07) is 16.7. The molecule has 3 rings (SSSR count). The van der Waals surface area contributed by atoms with Crippen LogP contribution in [0.15, 0.2) is 67.3 Å². The molecule has 110 valence electrons. The number of carbonyl (C=O) groups excluding carboxylic acids is 1. The van der Waals surface area contributed by atoms with E-state index in [4.69, 9.17) is 4.74 Å². The van der Waals surface area contributed by atoms with E-state index in [9.17, 15) is 4.79 Å². The first-order valence-electron chi connectivity index (χ1n) is 6.75.